The van der Waals surface area contributed by atoms with E-state index >= 15 is 0 Å². The third-order valence-electron chi connectivity index (χ3n) is 4.04. The zero-order valence-electron chi connectivity index (χ0n) is 11.2. The number of nitrogens with zero attached hydrogens (tertiary/aromatic N) is 2. The number of halogens is 1. The molecule has 4 heteroatoms. The molecule has 2 aliphatic rings. The number of carbonyl (C=O) groups is 1. The molecule has 1 saturated heterocycles. The van der Waals surface area contributed by atoms with E-state index in [9.17, 15) is 4.79 Å². The Bertz CT molecular complexity index is 491. The lowest BCUT2D eigenvalue weighted by Crippen LogP contribution is -2.49. The molecule has 1 aliphatic heterocycles. The monoisotopic (exact) mass is 278 g/mol. The van der Waals surface area contributed by atoms with Gasteiger partial charge in [0.25, 0.3) is 0 Å². The van der Waals surface area contributed by atoms with Crippen molar-refractivity contribution in [3.05, 3.63) is 28.8 Å². The molecular weight excluding hydrogens is 260 g/mol. The molecule has 1 saturated carbocycles. The first-order valence-electron chi connectivity index (χ1n) is 6.95. The van der Waals surface area contributed by atoms with E-state index in [2.05, 4.69) is 17.0 Å². The minimum absolute atomic E-state index is 0.334. The molecule has 0 atom stereocenters. The molecule has 0 radical (unpaired) electrons. The molecule has 0 spiro atoms. The van der Waals surface area contributed by atoms with Gasteiger partial charge >= 0.3 is 0 Å². The number of aryl methyl sites for hydroxylation is 1. The quantitative estimate of drug-likeness (QED) is 0.830. The summed E-state index contributed by atoms with van der Waals surface area (Å²) in [4.78, 5) is 16.3. The van der Waals surface area contributed by atoms with Crippen LogP contribution in [0, 0.1) is 12.8 Å². The van der Waals surface area contributed by atoms with Crippen LogP contribution in [0.4, 0.5) is 5.69 Å². The number of rotatable bonds is 2. The first kappa shape index (κ1) is 12.8. The number of benzene rings is 1. The smallest absolute Gasteiger partial charge is 0.225 e. The van der Waals surface area contributed by atoms with E-state index in [1.807, 2.05) is 17.9 Å². The zero-order valence-corrected chi connectivity index (χ0v) is 12.0. The van der Waals surface area contributed by atoms with Gasteiger partial charge < -0.3 is 9.80 Å². The molecular formula is C15H19ClN2O. The summed E-state index contributed by atoms with van der Waals surface area (Å²) in [6.45, 7) is 5.48. The van der Waals surface area contributed by atoms with Crippen molar-refractivity contribution in [3.63, 3.8) is 0 Å². The maximum absolute atomic E-state index is 12.0. The fourth-order valence-electron chi connectivity index (χ4n) is 2.55. The number of hydrogen-bond acceptors (Lipinski definition) is 2. The highest BCUT2D eigenvalue weighted by atomic mass is 35.5. The number of amides is 1. The standard InChI is InChI=1S/C15H19ClN2O/c1-11-2-5-13(10-14(11)16)17-6-8-18(9-7-17)15(19)12-3-4-12/h2,5,10,12H,3-4,6-9H2,1H3. The van der Waals surface area contributed by atoms with Gasteiger partial charge in [0.15, 0.2) is 0 Å². The highest BCUT2D eigenvalue weighted by Crippen LogP contribution is 2.31. The summed E-state index contributed by atoms with van der Waals surface area (Å²) in [7, 11) is 0. The highest BCUT2D eigenvalue weighted by molar-refractivity contribution is 6.31. The van der Waals surface area contributed by atoms with Crippen LogP contribution in [0.15, 0.2) is 18.2 Å². The highest BCUT2D eigenvalue weighted by Gasteiger charge is 2.34. The van der Waals surface area contributed by atoms with Gasteiger partial charge in [-0.1, -0.05) is 17.7 Å². The van der Waals surface area contributed by atoms with Crippen molar-refractivity contribution in [1.82, 2.24) is 4.90 Å². The lowest BCUT2D eigenvalue weighted by atomic mass is 10.2. The largest absolute Gasteiger partial charge is 0.368 e. The van der Waals surface area contributed by atoms with E-state index in [4.69, 9.17) is 11.6 Å². The Morgan fingerprint density at radius 2 is 1.89 bits per heavy atom. The molecule has 19 heavy (non-hydrogen) atoms. The van der Waals surface area contributed by atoms with Crippen molar-refractivity contribution in [2.24, 2.45) is 5.92 Å². The maximum Gasteiger partial charge on any atom is 0.225 e. The molecule has 0 N–H and O–H groups in total. The number of hydrogen-bond donors (Lipinski definition) is 0. The molecule has 1 aliphatic carbocycles. The third-order valence-corrected chi connectivity index (χ3v) is 4.45. The van der Waals surface area contributed by atoms with Gasteiger partial charge in [-0.3, -0.25) is 4.79 Å². The molecule has 1 amide bonds. The van der Waals surface area contributed by atoms with E-state index in [1.165, 1.54) is 0 Å². The average molecular weight is 279 g/mol. The maximum atomic E-state index is 12.0. The fourth-order valence-corrected chi connectivity index (χ4v) is 2.73. The molecule has 1 aromatic rings. The van der Waals surface area contributed by atoms with Crippen LogP contribution in [0.2, 0.25) is 5.02 Å². The zero-order chi connectivity index (χ0) is 13.4. The van der Waals surface area contributed by atoms with Crippen LogP contribution in [-0.4, -0.2) is 37.0 Å². The van der Waals surface area contributed by atoms with Crippen LogP contribution >= 0.6 is 11.6 Å². The van der Waals surface area contributed by atoms with Gasteiger partial charge in [0, 0.05) is 42.8 Å². The van der Waals surface area contributed by atoms with E-state index < -0.39 is 0 Å². The summed E-state index contributed by atoms with van der Waals surface area (Å²) in [5.41, 5.74) is 2.27. The van der Waals surface area contributed by atoms with Gasteiger partial charge in [-0.15, -0.1) is 0 Å². The molecule has 3 rings (SSSR count). The molecule has 1 heterocycles. The van der Waals surface area contributed by atoms with Crippen LogP contribution < -0.4 is 4.90 Å². The first-order valence-corrected chi connectivity index (χ1v) is 7.33. The van der Waals surface area contributed by atoms with Gasteiger partial charge in [0.05, 0.1) is 0 Å². The van der Waals surface area contributed by atoms with Crippen LogP contribution in [0.5, 0.6) is 0 Å². The van der Waals surface area contributed by atoms with Crippen molar-refractivity contribution < 1.29 is 4.79 Å². The number of piperazine rings is 1. The Labute approximate surface area is 119 Å². The number of anilines is 1. The van der Waals surface area contributed by atoms with Crippen LogP contribution in [0.25, 0.3) is 0 Å². The molecule has 0 unspecified atom stereocenters. The SMILES string of the molecule is Cc1ccc(N2CCN(C(=O)C3CC3)CC2)cc1Cl. The van der Waals surface area contributed by atoms with Crippen molar-refractivity contribution in [2.45, 2.75) is 19.8 Å². The van der Waals surface area contributed by atoms with Gasteiger partial charge in [-0.05, 0) is 37.5 Å². The van der Waals surface area contributed by atoms with Crippen molar-refractivity contribution in [3.8, 4) is 0 Å². The molecule has 1 aromatic carbocycles. The van der Waals surface area contributed by atoms with Crippen LogP contribution in [0.1, 0.15) is 18.4 Å². The Morgan fingerprint density at radius 1 is 1.21 bits per heavy atom. The topological polar surface area (TPSA) is 23.6 Å². The minimum Gasteiger partial charge on any atom is -0.368 e. The average Bonchev–Trinajstić information content (AvgIpc) is 3.26. The second-order valence-corrected chi connectivity index (χ2v) is 5.93. The van der Waals surface area contributed by atoms with Gasteiger partial charge in [0.1, 0.15) is 0 Å². The molecule has 0 aromatic heterocycles. The molecule has 102 valence electrons. The predicted octanol–water partition coefficient (Wildman–Crippen LogP) is 2.71. The fraction of sp³-hybridized carbons (Fsp3) is 0.533. The molecule has 3 nitrogen and oxygen atoms in total. The molecule has 2 fully saturated rings. The summed E-state index contributed by atoms with van der Waals surface area (Å²) in [5, 5.41) is 0.814. The van der Waals surface area contributed by atoms with Crippen molar-refractivity contribution >= 4 is 23.2 Å². The molecule has 0 bridgehead atoms. The van der Waals surface area contributed by atoms with E-state index in [0.29, 0.717) is 11.8 Å². The predicted molar refractivity (Wildman–Crippen MR) is 77.7 cm³/mol. The Hall–Kier alpha value is -1.22. The summed E-state index contributed by atoms with van der Waals surface area (Å²) in [6.07, 6.45) is 2.18. The summed E-state index contributed by atoms with van der Waals surface area (Å²) in [6, 6.07) is 6.19. The Balaban J connectivity index is 1.62. The van der Waals surface area contributed by atoms with Gasteiger partial charge in [0.2, 0.25) is 5.91 Å². The first-order chi connectivity index (χ1) is 9.15. The lowest BCUT2D eigenvalue weighted by molar-refractivity contribution is -0.132. The van der Waals surface area contributed by atoms with E-state index in [1.54, 1.807) is 0 Å². The van der Waals surface area contributed by atoms with Crippen LogP contribution in [-0.2, 0) is 4.79 Å². The second-order valence-electron chi connectivity index (χ2n) is 5.52. The second kappa shape index (κ2) is 5.04. The van der Waals surface area contributed by atoms with Crippen molar-refractivity contribution in [2.75, 3.05) is 31.1 Å². The minimum atomic E-state index is 0.334. The van der Waals surface area contributed by atoms with Gasteiger partial charge in [-0.2, -0.15) is 0 Å². The van der Waals surface area contributed by atoms with E-state index in [0.717, 1.165) is 55.3 Å². The van der Waals surface area contributed by atoms with Crippen LogP contribution in [0.3, 0.4) is 0 Å². The Kier molecular flexibility index (Phi) is 3.40. The number of carbonyl (C=O) groups excluding carboxylic acids is 1. The normalized spacial score (nSPS) is 19.7. The summed E-state index contributed by atoms with van der Waals surface area (Å²) in [5.74, 6) is 0.696. The van der Waals surface area contributed by atoms with E-state index in [-0.39, 0.29) is 0 Å². The lowest BCUT2D eigenvalue weighted by Gasteiger charge is -2.36. The van der Waals surface area contributed by atoms with Gasteiger partial charge in [-0.25, -0.2) is 0 Å². The summed E-state index contributed by atoms with van der Waals surface area (Å²) < 4.78 is 0. The Morgan fingerprint density at radius 3 is 2.47 bits per heavy atom. The van der Waals surface area contributed by atoms with Crippen molar-refractivity contribution in [1.29, 1.82) is 0 Å². The third kappa shape index (κ3) is 2.71. The summed E-state index contributed by atoms with van der Waals surface area (Å²) >= 11 is 6.17.